The van der Waals surface area contributed by atoms with Gasteiger partial charge >= 0.3 is 5.91 Å². The first-order chi connectivity index (χ1) is 14.0. The van der Waals surface area contributed by atoms with Crippen LogP contribution >= 0.6 is 34.8 Å². The number of halogens is 3. The molecule has 5 nitrogen and oxygen atoms in total. The summed E-state index contributed by atoms with van der Waals surface area (Å²) in [7, 11) is 0. The van der Waals surface area contributed by atoms with Crippen LogP contribution in [0.3, 0.4) is 0 Å². The van der Waals surface area contributed by atoms with Crippen LogP contribution in [0.5, 0.6) is 0 Å². The number of H-pyrrole nitrogens is 1. The van der Waals surface area contributed by atoms with Gasteiger partial charge in [-0.25, -0.2) is 9.99 Å². The Balaban J connectivity index is 1.73. The highest BCUT2D eigenvalue weighted by molar-refractivity contribution is 6.36. The van der Waals surface area contributed by atoms with E-state index in [-0.39, 0.29) is 11.7 Å². The molecule has 1 aliphatic heterocycles. The van der Waals surface area contributed by atoms with Crippen LogP contribution in [-0.4, -0.2) is 34.0 Å². The van der Waals surface area contributed by atoms with Gasteiger partial charge in [0.05, 0.1) is 16.4 Å². The van der Waals surface area contributed by atoms with Crippen molar-refractivity contribution in [3.05, 3.63) is 63.4 Å². The molecular formula is C21H19Cl3N4O. The first kappa shape index (κ1) is 20.2. The van der Waals surface area contributed by atoms with Crippen molar-refractivity contribution in [3.8, 4) is 22.5 Å². The second-order valence-electron chi connectivity index (χ2n) is 6.93. The fourth-order valence-corrected chi connectivity index (χ4v) is 4.02. The predicted molar refractivity (Wildman–Crippen MR) is 117 cm³/mol. The van der Waals surface area contributed by atoms with Gasteiger partial charge in [0, 0.05) is 34.3 Å². The van der Waals surface area contributed by atoms with Crippen LogP contribution in [0.2, 0.25) is 15.1 Å². The molecule has 0 atom stereocenters. The topological polar surface area (TPSA) is 61.0 Å². The number of aromatic nitrogens is 2. The summed E-state index contributed by atoms with van der Waals surface area (Å²) in [6.07, 6.45) is 3.33. The van der Waals surface area contributed by atoms with Crippen molar-refractivity contribution >= 4 is 40.7 Å². The van der Waals surface area contributed by atoms with Gasteiger partial charge in [-0.1, -0.05) is 53.4 Å². The van der Waals surface area contributed by atoms with Crippen molar-refractivity contribution in [2.45, 2.75) is 19.3 Å². The first-order valence-corrected chi connectivity index (χ1v) is 10.5. The van der Waals surface area contributed by atoms with Crippen LogP contribution in [0.15, 0.2) is 42.5 Å². The highest BCUT2D eigenvalue weighted by atomic mass is 35.5. The number of carbonyl (C=O) groups excluding carboxylic acids is 1. The number of aromatic amines is 1. The summed E-state index contributed by atoms with van der Waals surface area (Å²) < 4.78 is 0. The lowest BCUT2D eigenvalue weighted by atomic mass is 10.1. The van der Waals surface area contributed by atoms with Crippen molar-refractivity contribution in [1.82, 2.24) is 20.4 Å². The molecule has 0 bridgehead atoms. The molecule has 2 heterocycles. The van der Waals surface area contributed by atoms with E-state index in [1.807, 2.05) is 23.2 Å². The van der Waals surface area contributed by atoms with Gasteiger partial charge in [-0.3, -0.25) is 10.2 Å². The van der Waals surface area contributed by atoms with Crippen LogP contribution in [0.4, 0.5) is 0 Å². The maximum absolute atomic E-state index is 12.8. The summed E-state index contributed by atoms with van der Waals surface area (Å²) in [5, 5.41) is 3.57. The van der Waals surface area contributed by atoms with E-state index >= 15 is 0 Å². The summed E-state index contributed by atoms with van der Waals surface area (Å²) in [4.78, 5) is 20.5. The Kier molecular flexibility index (Phi) is 6.11. The molecule has 150 valence electrons. The number of benzene rings is 2. The minimum Gasteiger partial charge on any atom is -0.333 e. The third-order valence-electron chi connectivity index (χ3n) is 4.85. The van der Waals surface area contributed by atoms with Crippen LogP contribution in [-0.2, 0) is 0 Å². The largest absolute Gasteiger partial charge is 0.333 e. The lowest BCUT2D eigenvalue weighted by Gasteiger charge is -2.26. The van der Waals surface area contributed by atoms with E-state index in [9.17, 15) is 4.79 Å². The highest BCUT2D eigenvalue weighted by Crippen LogP contribution is 2.36. The molecule has 4 rings (SSSR count). The second kappa shape index (κ2) is 8.76. The van der Waals surface area contributed by atoms with E-state index in [1.165, 1.54) is 6.42 Å². The van der Waals surface area contributed by atoms with Gasteiger partial charge in [0.15, 0.2) is 5.82 Å². The van der Waals surface area contributed by atoms with Crippen molar-refractivity contribution in [1.29, 1.82) is 0 Å². The Hall–Kier alpha value is -2.05. The smallest absolute Gasteiger partial charge is 0.301 e. The lowest BCUT2D eigenvalue weighted by molar-refractivity contribution is 0.0740. The second-order valence-corrected chi connectivity index (χ2v) is 8.21. The number of hydrazine groups is 1. The summed E-state index contributed by atoms with van der Waals surface area (Å²) in [5.41, 5.74) is 5.74. The normalized spacial score (nSPS) is 14.7. The SMILES string of the molecule is O=C(NN1CCCCC1)c1nc(-c2ccc(Cl)cc2)c(-c2ccc(Cl)cc2Cl)[nH]1. The third-order valence-corrected chi connectivity index (χ3v) is 5.65. The first-order valence-electron chi connectivity index (χ1n) is 9.38. The number of amides is 1. The van der Waals surface area contributed by atoms with Crippen LogP contribution in [0.1, 0.15) is 29.9 Å². The minimum absolute atomic E-state index is 0.224. The number of rotatable bonds is 4. The Labute approximate surface area is 184 Å². The highest BCUT2D eigenvalue weighted by Gasteiger charge is 2.22. The average Bonchev–Trinajstić information content (AvgIpc) is 3.14. The van der Waals surface area contributed by atoms with E-state index < -0.39 is 0 Å². The Morgan fingerprint density at radius 3 is 2.34 bits per heavy atom. The number of nitrogens with one attached hydrogen (secondary N) is 2. The van der Waals surface area contributed by atoms with Gasteiger partial charge < -0.3 is 4.98 Å². The van der Waals surface area contributed by atoms with Gasteiger partial charge in [0.25, 0.3) is 0 Å². The van der Waals surface area contributed by atoms with Gasteiger partial charge in [0.1, 0.15) is 0 Å². The molecule has 0 spiro atoms. The van der Waals surface area contributed by atoms with Crippen LogP contribution in [0, 0.1) is 0 Å². The molecule has 0 saturated carbocycles. The lowest BCUT2D eigenvalue weighted by Crippen LogP contribution is -2.45. The molecule has 1 saturated heterocycles. The zero-order valence-corrected chi connectivity index (χ0v) is 17.8. The predicted octanol–water partition coefficient (Wildman–Crippen LogP) is 5.83. The molecule has 29 heavy (non-hydrogen) atoms. The monoisotopic (exact) mass is 448 g/mol. The number of piperidine rings is 1. The number of imidazole rings is 1. The molecule has 8 heteroatoms. The Bertz CT molecular complexity index is 1030. The van der Waals surface area contributed by atoms with Crippen molar-refractivity contribution in [3.63, 3.8) is 0 Å². The molecule has 0 aliphatic carbocycles. The molecule has 1 amide bonds. The van der Waals surface area contributed by atoms with Gasteiger partial charge in [-0.15, -0.1) is 0 Å². The number of carbonyl (C=O) groups is 1. The van der Waals surface area contributed by atoms with Crippen LogP contribution in [0.25, 0.3) is 22.5 Å². The summed E-state index contributed by atoms with van der Waals surface area (Å²) in [6, 6.07) is 12.5. The molecule has 0 radical (unpaired) electrons. The van der Waals surface area contributed by atoms with Gasteiger partial charge in [-0.05, 0) is 43.2 Å². The Morgan fingerprint density at radius 1 is 0.966 bits per heavy atom. The fourth-order valence-electron chi connectivity index (χ4n) is 3.39. The van der Waals surface area contributed by atoms with Crippen molar-refractivity contribution < 1.29 is 4.79 Å². The maximum atomic E-state index is 12.8. The molecule has 1 aliphatic rings. The summed E-state index contributed by atoms with van der Waals surface area (Å²) >= 11 is 18.5. The third kappa shape index (κ3) is 4.59. The maximum Gasteiger partial charge on any atom is 0.301 e. The van der Waals surface area contributed by atoms with E-state index in [0.717, 1.165) is 31.5 Å². The molecule has 1 aromatic heterocycles. The Morgan fingerprint density at radius 2 is 1.66 bits per heavy atom. The number of hydrogen-bond acceptors (Lipinski definition) is 3. The van der Waals surface area contributed by atoms with E-state index in [2.05, 4.69) is 15.4 Å². The van der Waals surface area contributed by atoms with Crippen LogP contribution < -0.4 is 5.43 Å². The summed E-state index contributed by atoms with van der Waals surface area (Å²) in [6.45, 7) is 1.68. The molecular weight excluding hydrogens is 431 g/mol. The minimum atomic E-state index is -0.279. The number of hydrogen-bond donors (Lipinski definition) is 2. The molecule has 1 fully saturated rings. The standard InChI is InChI=1S/C21H19Cl3N4O/c22-14-6-4-13(5-7-14)18-19(16-9-8-15(23)12-17(16)24)26-20(25-18)21(29)27-28-10-2-1-3-11-28/h4-9,12H,1-3,10-11H2,(H,25,26)(H,27,29). The summed E-state index contributed by atoms with van der Waals surface area (Å²) in [5.74, 6) is -0.0556. The molecule has 2 N–H and O–H groups in total. The number of nitrogens with zero attached hydrogens (tertiary/aromatic N) is 2. The van der Waals surface area contributed by atoms with E-state index in [1.54, 1.807) is 24.3 Å². The molecule has 3 aromatic rings. The molecule has 2 aromatic carbocycles. The van der Waals surface area contributed by atoms with Crippen molar-refractivity contribution in [2.75, 3.05) is 13.1 Å². The zero-order valence-electron chi connectivity index (χ0n) is 15.5. The van der Waals surface area contributed by atoms with Gasteiger partial charge in [0.2, 0.25) is 0 Å². The molecule has 0 unspecified atom stereocenters. The average molecular weight is 450 g/mol. The fraction of sp³-hybridized carbons (Fsp3) is 0.238. The van der Waals surface area contributed by atoms with Crippen molar-refractivity contribution in [2.24, 2.45) is 0 Å². The quantitative estimate of drug-likeness (QED) is 0.526. The van der Waals surface area contributed by atoms with E-state index in [4.69, 9.17) is 34.8 Å². The van der Waals surface area contributed by atoms with Gasteiger partial charge in [-0.2, -0.15) is 0 Å². The zero-order chi connectivity index (χ0) is 20.4. The van der Waals surface area contributed by atoms with E-state index in [0.29, 0.717) is 32.0 Å².